The van der Waals surface area contributed by atoms with Crippen molar-refractivity contribution in [1.82, 2.24) is 0 Å². The maximum atomic E-state index is 8.74. The Morgan fingerprint density at radius 3 is 0.800 bits per heavy atom. The van der Waals surface area contributed by atoms with E-state index in [9.17, 15) is 0 Å². The minimum atomic E-state index is -4.67. The molecule has 252 valence electrons. The van der Waals surface area contributed by atoms with E-state index in [-0.39, 0.29) is 384 Å². The Balaban J connectivity index is -0.00000000346. The molecule has 4 saturated carbocycles. The van der Waals surface area contributed by atoms with Crippen molar-refractivity contribution in [3.63, 3.8) is 0 Å². The van der Waals surface area contributed by atoms with Crippen molar-refractivity contribution in [2.75, 3.05) is 0 Å². The SMILES string of the molecule is C.C.C.C.C.C.C.C.C.C.C.C.C1C2CC3CC4CC1C234.Cl.O=S(=O)(O)O.[AlH3].[Ba+2].[Ca+2].[Fe].[H-].[H-].[H-].[H-].[H-].[K+].[Mo].[N-]=[N+]=[N-].[Na+].[Ni].[Ni].[Zn]. The van der Waals surface area contributed by atoms with Gasteiger partial charge in [0.1, 0.15) is 0 Å². The quantitative estimate of drug-likeness (QED) is 0.127. The summed E-state index contributed by atoms with van der Waals surface area (Å²) in [5.74, 6) is 5.00. The Labute approximate surface area is 472 Å². The Morgan fingerprint density at radius 1 is 0.700 bits per heavy atom. The standard InChI is InChI=1S/C9H12.12CH4.Al.Ba.Ca.ClH.Fe.K.Mo.N3.Na.2Ni.H2O4S.Zn.8H/c1-5-2-7-4-8-3-6(1)9(5,7)8;;;;;;;;;;;;;;;;;;;;1-3-2;;;;1-5(2,3)4;;;;;;;;;/h5-8H,1-4H2;12*1H4;;;;1H;;;;;;;;(H2,1,2,3,4);;;;;;;;;/q;;;;;;;;;;;;;;2*+2;;;+1;;-1;+1;;;;;;;;5*-1. The van der Waals surface area contributed by atoms with Gasteiger partial charge in [-0.05, 0) is 54.8 Å². The zero-order valence-electron chi connectivity index (χ0n) is 20.0. The van der Waals surface area contributed by atoms with Crippen molar-refractivity contribution in [1.29, 1.82) is 0 Å². The molecule has 4 fully saturated rings. The zero-order valence-corrected chi connectivity index (χ0v) is 36.5. The molecule has 4 aliphatic rings. The first kappa shape index (κ1) is 156. The van der Waals surface area contributed by atoms with Crippen molar-refractivity contribution in [2.24, 2.45) is 29.1 Å². The smallest absolute Gasteiger partial charge is 1.00 e. The predicted octanol–water partition coefficient (Wildman–Crippen LogP) is 2.93. The van der Waals surface area contributed by atoms with Gasteiger partial charge in [0.25, 0.3) is 0 Å². The molecule has 2 N–H and O–H groups in total. The Morgan fingerprint density at radius 2 is 0.775 bits per heavy atom. The van der Waals surface area contributed by atoms with Crippen LogP contribution in [0.4, 0.5) is 0 Å². The van der Waals surface area contributed by atoms with Crippen molar-refractivity contribution < 1.29 is 196 Å². The first-order valence-corrected chi connectivity index (χ1v) is 6.92. The molecular formula is C21H71AlBaCaClFeKMoN3NaNi2O4SZn. The van der Waals surface area contributed by atoms with Gasteiger partial charge in [0.05, 0.1) is 0 Å². The number of halogens is 1. The van der Waals surface area contributed by atoms with Crippen LogP contribution < -0.4 is 80.9 Å². The fourth-order valence-corrected chi connectivity index (χ4v) is 4.75. The van der Waals surface area contributed by atoms with Gasteiger partial charge in [-0.25, -0.2) is 0 Å². The van der Waals surface area contributed by atoms with Gasteiger partial charge in [-0.2, -0.15) is 8.42 Å². The van der Waals surface area contributed by atoms with E-state index in [1.165, 1.54) is 28.6 Å². The van der Waals surface area contributed by atoms with Crippen LogP contribution in [-0.4, -0.2) is 122 Å². The largest absolute Gasteiger partial charge is 2.00 e. The number of hydrogen-bond donors (Lipinski definition) is 2. The Bertz CT molecular complexity index is 496. The summed E-state index contributed by atoms with van der Waals surface area (Å²) in [6.07, 6.45) is 6.53. The van der Waals surface area contributed by atoms with E-state index in [2.05, 4.69) is 0 Å². The van der Waals surface area contributed by atoms with E-state index in [0.29, 0.717) is 0 Å². The molecule has 0 heterocycles. The van der Waals surface area contributed by atoms with Crippen LogP contribution in [0.25, 0.3) is 16.0 Å². The third-order valence-corrected chi connectivity index (χ3v) is 5.10. The second kappa shape index (κ2) is 72.9. The number of hydrogen-bond acceptors (Lipinski definition) is 2. The molecule has 4 rings (SSSR count). The summed E-state index contributed by atoms with van der Waals surface area (Å²) in [5, 5.41) is 0. The maximum Gasteiger partial charge on any atom is 2.00 e. The summed E-state index contributed by atoms with van der Waals surface area (Å²) < 4.78 is 31.6. The third kappa shape index (κ3) is 40.7. The molecule has 0 saturated heterocycles. The summed E-state index contributed by atoms with van der Waals surface area (Å²) in [5.41, 5.74) is 14.6. The van der Waals surface area contributed by atoms with Crippen molar-refractivity contribution in [3.05, 3.63) is 16.0 Å². The van der Waals surface area contributed by atoms with E-state index in [1.807, 2.05) is 0 Å². The maximum absolute atomic E-state index is 8.74. The molecular weight excluding hydrogens is 1030 g/mol. The molecule has 0 bridgehead atoms. The molecule has 0 unspecified atom stereocenters. The third-order valence-electron chi connectivity index (χ3n) is 5.10. The van der Waals surface area contributed by atoms with Crippen LogP contribution in [0.1, 0.15) is 122 Å². The molecule has 7 nitrogen and oxygen atoms in total. The molecule has 4 aliphatic carbocycles. The Hall–Kier alpha value is 8.29. The summed E-state index contributed by atoms with van der Waals surface area (Å²) in [6.45, 7) is 0. The molecule has 40 heavy (non-hydrogen) atoms. The van der Waals surface area contributed by atoms with Crippen molar-refractivity contribution >= 4 is 127 Å². The molecule has 0 radical (unpaired) electrons. The summed E-state index contributed by atoms with van der Waals surface area (Å²) in [6, 6.07) is 0. The molecule has 0 aromatic carbocycles. The van der Waals surface area contributed by atoms with Crippen LogP contribution in [0.2, 0.25) is 0 Å². The van der Waals surface area contributed by atoms with E-state index in [0.717, 1.165) is 5.41 Å². The zero-order chi connectivity index (χ0) is 12.8. The van der Waals surface area contributed by atoms with Crippen LogP contribution in [0.3, 0.4) is 0 Å². The average Bonchev–Trinajstić information content (AvgIpc) is 1.94. The fraction of sp³-hybridized carbons (Fsp3) is 1.00. The van der Waals surface area contributed by atoms with Crippen molar-refractivity contribution in [3.8, 4) is 0 Å². The van der Waals surface area contributed by atoms with E-state index < -0.39 is 10.4 Å². The second-order valence-electron chi connectivity index (χ2n) is 5.27. The molecule has 0 atom stereocenters. The van der Waals surface area contributed by atoms with Gasteiger partial charge in [0, 0.05) is 90.6 Å². The summed E-state index contributed by atoms with van der Waals surface area (Å²) >= 11 is 0. The van der Waals surface area contributed by atoms with E-state index in [4.69, 9.17) is 28.6 Å². The molecule has 0 amide bonds. The number of rotatable bonds is 0. The Kier molecular flexibility index (Phi) is 285. The van der Waals surface area contributed by atoms with E-state index >= 15 is 0 Å². The predicted molar refractivity (Wildman–Crippen MR) is 174 cm³/mol. The summed E-state index contributed by atoms with van der Waals surface area (Å²) in [4.78, 5) is 1.50. The van der Waals surface area contributed by atoms with Gasteiger partial charge in [0.2, 0.25) is 0 Å². The van der Waals surface area contributed by atoms with Gasteiger partial charge >= 0.3 is 178 Å². The van der Waals surface area contributed by atoms with Gasteiger partial charge in [-0.15, -0.1) is 12.4 Å². The van der Waals surface area contributed by atoms with Crippen LogP contribution in [-0.2, 0) is 101 Å². The van der Waals surface area contributed by atoms with Gasteiger partial charge < -0.3 is 18.2 Å². The normalized spacial score (nSPS) is 19.6. The van der Waals surface area contributed by atoms with Gasteiger partial charge in [0.15, 0.2) is 17.4 Å². The minimum absolute atomic E-state index is 0. The number of nitrogens with zero attached hydrogens (tertiary/aromatic N) is 3. The van der Waals surface area contributed by atoms with Crippen LogP contribution in [0.15, 0.2) is 0 Å². The van der Waals surface area contributed by atoms with E-state index in [1.54, 1.807) is 25.7 Å². The first-order chi connectivity index (χ1) is 7.83. The fourth-order valence-electron chi connectivity index (χ4n) is 4.75. The second-order valence-corrected chi connectivity index (χ2v) is 6.16. The van der Waals surface area contributed by atoms with Crippen LogP contribution in [0, 0.1) is 29.1 Å². The topological polar surface area (TPSA) is 133 Å². The molecule has 0 aliphatic heterocycles. The van der Waals surface area contributed by atoms with Crippen LogP contribution in [0.5, 0.6) is 0 Å². The average molecular weight is 1100 g/mol. The molecule has 1 spiro atoms. The summed E-state index contributed by atoms with van der Waals surface area (Å²) in [7, 11) is -4.67. The van der Waals surface area contributed by atoms with Gasteiger partial charge in [-0.3, -0.25) is 14.0 Å². The van der Waals surface area contributed by atoms with Gasteiger partial charge in [-0.1, -0.05) is 89.1 Å². The molecule has 19 heteroatoms. The first-order valence-electron chi connectivity index (χ1n) is 5.52. The minimum Gasteiger partial charge on any atom is -1.00 e. The monoisotopic (exact) mass is 1100 g/mol. The van der Waals surface area contributed by atoms with Crippen molar-refractivity contribution in [2.45, 2.75) is 115 Å². The molecule has 0 aromatic heterocycles. The molecule has 0 aromatic rings. The van der Waals surface area contributed by atoms with Crippen LogP contribution >= 0.6 is 12.4 Å².